The molecule has 0 radical (unpaired) electrons. The summed E-state index contributed by atoms with van der Waals surface area (Å²) in [6, 6.07) is 5.89. The van der Waals surface area contributed by atoms with Crippen LogP contribution in [0.15, 0.2) is 30.3 Å². The van der Waals surface area contributed by atoms with Gasteiger partial charge in [-0.2, -0.15) is 0 Å². The molecule has 0 aliphatic rings. The van der Waals surface area contributed by atoms with E-state index in [1.54, 1.807) is 18.2 Å². The molecule has 0 amide bonds. The highest BCUT2D eigenvalue weighted by Gasteiger charge is 2.03. The minimum absolute atomic E-state index is 0.0784. The van der Waals surface area contributed by atoms with E-state index in [0.717, 1.165) is 12.0 Å². The van der Waals surface area contributed by atoms with Crippen LogP contribution in [-0.4, -0.2) is 12.1 Å². The number of rotatable bonds is 4. The molecule has 0 bridgehead atoms. The average molecular weight is 222 g/mol. The lowest BCUT2D eigenvalue weighted by Gasteiger charge is -2.07. The highest BCUT2D eigenvalue weighted by atomic mass is 19.1. The third kappa shape index (κ3) is 4.26. The molecule has 0 saturated heterocycles. The molecule has 0 aromatic heterocycles. The molecule has 1 atom stereocenters. The molecule has 3 heteroatoms. The monoisotopic (exact) mass is 222 g/mol. The van der Waals surface area contributed by atoms with Gasteiger partial charge in [-0.05, 0) is 37.1 Å². The van der Waals surface area contributed by atoms with Crippen LogP contribution in [0.3, 0.4) is 0 Å². The molecule has 1 rings (SSSR count). The van der Waals surface area contributed by atoms with Crippen molar-refractivity contribution in [3.8, 4) is 0 Å². The van der Waals surface area contributed by atoms with E-state index in [2.05, 4.69) is 0 Å². The van der Waals surface area contributed by atoms with Crippen molar-refractivity contribution in [2.24, 2.45) is 0 Å². The zero-order chi connectivity index (χ0) is 12.0. The van der Waals surface area contributed by atoms with E-state index < -0.39 is 0 Å². The van der Waals surface area contributed by atoms with Crippen molar-refractivity contribution in [3.05, 3.63) is 41.7 Å². The Bertz CT molecular complexity index is 368. The van der Waals surface area contributed by atoms with Gasteiger partial charge < -0.3 is 4.74 Å². The van der Waals surface area contributed by atoms with Gasteiger partial charge in [0, 0.05) is 6.08 Å². The van der Waals surface area contributed by atoms with Crippen LogP contribution in [0.5, 0.6) is 0 Å². The number of halogens is 1. The fourth-order valence-corrected chi connectivity index (χ4v) is 1.06. The summed E-state index contributed by atoms with van der Waals surface area (Å²) in [7, 11) is 0. The van der Waals surface area contributed by atoms with Crippen molar-refractivity contribution < 1.29 is 13.9 Å². The van der Waals surface area contributed by atoms with Crippen molar-refractivity contribution in [1.29, 1.82) is 0 Å². The van der Waals surface area contributed by atoms with Crippen LogP contribution in [0.1, 0.15) is 25.8 Å². The van der Waals surface area contributed by atoms with Crippen LogP contribution >= 0.6 is 0 Å². The molecule has 0 aliphatic carbocycles. The normalized spacial score (nSPS) is 12.7. The van der Waals surface area contributed by atoms with Gasteiger partial charge in [0.2, 0.25) is 0 Å². The van der Waals surface area contributed by atoms with Gasteiger partial charge in [0.25, 0.3) is 0 Å². The molecular formula is C13H15FO2. The Hall–Kier alpha value is -1.64. The Morgan fingerprint density at radius 3 is 2.62 bits per heavy atom. The van der Waals surface area contributed by atoms with Crippen molar-refractivity contribution in [1.82, 2.24) is 0 Å². The van der Waals surface area contributed by atoms with E-state index in [0.29, 0.717) is 0 Å². The Kier molecular flexibility index (Phi) is 4.70. The first-order valence-electron chi connectivity index (χ1n) is 5.26. The molecule has 0 saturated carbocycles. The molecule has 0 N–H and O–H groups in total. The Morgan fingerprint density at radius 1 is 1.44 bits per heavy atom. The van der Waals surface area contributed by atoms with Gasteiger partial charge in [-0.1, -0.05) is 19.1 Å². The van der Waals surface area contributed by atoms with Crippen molar-refractivity contribution in [3.63, 3.8) is 0 Å². The minimum Gasteiger partial charge on any atom is -0.460 e. The summed E-state index contributed by atoms with van der Waals surface area (Å²) in [6.45, 7) is 3.78. The lowest BCUT2D eigenvalue weighted by atomic mass is 10.2. The van der Waals surface area contributed by atoms with Gasteiger partial charge in [-0.15, -0.1) is 0 Å². The number of benzene rings is 1. The largest absolute Gasteiger partial charge is 0.460 e. The molecule has 2 nitrogen and oxygen atoms in total. The van der Waals surface area contributed by atoms with Crippen LogP contribution in [0.4, 0.5) is 4.39 Å². The number of hydrogen-bond acceptors (Lipinski definition) is 2. The number of esters is 1. The third-order valence-electron chi connectivity index (χ3n) is 2.17. The van der Waals surface area contributed by atoms with Crippen molar-refractivity contribution >= 4 is 12.0 Å². The van der Waals surface area contributed by atoms with Crippen LogP contribution < -0.4 is 0 Å². The van der Waals surface area contributed by atoms with Crippen LogP contribution in [0.25, 0.3) is 6.08 Å². The van der Waals surface area contributed by atoms with Crippen LogP contribution in [0, 0.1) is 5.82 Å². The van der Waals surface area contributed by atoms with Crippen molar-refractivity contribution in [2.75, 3.05) is 0 Å². The molecule has 86 valence electrons. The summed E-state index contributed by atoms with van der Waals surface area (Å²) < 4.78 is 17.6. The van der Waals surface area contributed by atoms with E-state index in [1.165, 1.54) is 18.2 Å². The molecule has 0 fully saturated rings. The fraction of sp³-hybridized carbons (Fsp3) is 0.308. The maximum atomic E-state index is 12.6. The summed E-state index contributed by atoms with van der Waals surface area (Å²) in [5.41, 5.74) is 0.766. The zero-order valence-corrected chi connectivity index (χ0v) is 9.44. The summed E-state index contributed by atoms with van der Waals surface area (Å²) in [4.78, 5) is 11.3. The first kappa shape index (κ1) is 12.4. The van der Waals surface area contributed by atoms with Crippen LogP contribution in [0.2, 0.25) is 0 Å². The Morgan fingerprint density at radius 2 is 2.06 bits per heavy atom. The highest BCUT2D eigenvalue weighted by Crippen LogP contribution is 2.05. The second-order valence-corrected chi connectivity index (χ2v) is 3.54. The Labute approximate surface area is 94.7 Å². The molecule has 0 spiro atoms. The number of hydrogen-bond donors (Lipinski definition) is 0. The second-order valence-electron chi connectivity index (χ2n) is 3.54. The highest BCUT2D eigenvalue weighted by molar-refractivity contribution is 5.87. The summed E-state index contributed by atoms with van der Waals surface area (Å²) in [6.07, 6.45) is 3.66. The fourth-order valence-electron chi connectivity index (χ4n) is 1.06. The average Bonchev–Trinajstić information content (AvgIpc) is 2.28. The predicted molar refractivity (Wildman–Crippen MR) is 61.3 cm³/mol. The van der Waals surface area contributed by atoms with E-state index in [-0.39, 0.29) is 17.9 Å². The zero-order valence-electron chi connectivity index (χ0n) is 9.44. The van der Waals surface area contributed by atoms with Crippen LogP contribution in [-0.2, 0) is 9.53 Å². The predicted octanol–water partition coefficient (Wildman–Crippen LogP) is 3.18. The molecule has 16 heavy (non-hydrogen) atoms. The lowest BCUT2D eigenvalue weighted by Crippen LogP contribution is -2.11. The number of carbonyl (C=O) groups excluding carboxylic acids is 1. The van der Waals surface area contributed by atoms with E-state index >= 15 is 0 Å². The summed E-state index contributed by atoms with van der Waals surface area (Å²) in [5.74, 6) is -0.669. The number of carbonyl (C=O) groups is 1. The standard InChI is InChI=1S/C13H15FO2/c1-3-10(2)16-13(15)9-6-11-4-7-12(14)8-5-11/h4-10H,3H2,1-2H3. The van der Waals surface area contributed by atoms with Gasteiger partial charge in [-0.25, -0.2) is 9.18 Å². The van der Waals surface area contributed by atoms with Gasteiger partial charge in [-0.3, -0.25) is 0 Å². The molecule has 1 aromatic rings. The summed E-state index contributed by atoms with van der Waals surface area (Å²) in [5, 5.41) is 0. The molecular weight excluding hydrogens is 207 g/mol. The topological polar surface area (TPSA) is 26.3 Å². The summed E-state index contributed by atoms with van der Waals surface area (Å²) >= 11 is 0. The maximum absolute atomic E-state index is 12.6. The molecule has 1 unspecified atom stereocenters. The molecule has 1 aromatic carbocycles. The Balaban J connectivity index is 2.53. The van der Waals surface area contributed by atoms with Gasteiger partial charge in [0.15, 0.2) is 0 Å². The maximum Gasteiger partial charge on any atom is 0.331 e. The lowest BCUT2D eigenvalue weighted by molar-refractivity contribution is -0.142. The van der Waals surface area contributed by atoms with E-state index in [9.17, 15) is 9.18 Å². The van der Waals surface area contributed by atoms with Gasteiger partial charge >= 0.3 is 5.97 Å². The minimum atomic E-state index is -0.376. The SMILES string of the molecule is CCC(C)OC(=O)C=Cc1ccc(F)cc1. The molecule has 0 aliphatic heterocycles. The first-order valence-corrected chi connectivity index (χ1v) is 5.26. The molecule has 0 heterocycles. The quantitative estimate of drug-likeness (QED) is 0.577. The van der Waals surface area contributed by atoms with Gasteiger partial charge in [0.05, 0.1) is 6.10 Å². The smallest absolute Gasteiger partial charge is 0.331 e. The van der Waals surface area contributed by atoms with E-state index in [4.69, 9.17) is 4.74 Å². The second kappa shape index (κ2) is 6.05. The third-order valence-corrected chi connectivity index (χ3v) is 2.17. The van der Waals surface area contributed by atoms with Crippen molar-refractivity contribution in [2.45, 2.75) is 26.4 Å². The first-order chi connectivity index (χ1) is 7.61. The van der Waals surface area contributed by atoms with E-state index in [1.807, 2.05) is 13.8 Å². The number of ether oxygens (including phenoxy) is 1. The van der Waals surface area contributed by atoms with Gasteiger partial charge in [0.1, 0.15) is 5.82 Å².